The molecule has 0 heterocycles. The maximum atomic E-state index is 10.2. The summed E-state index contributed by atoms with van der Waals surface area (Å²) >= 11 is 0. The van der Waals surface area contributed by atoms with Crippen LogP contribution in [-0.2, 0) is 9.53 Å². The average Bonchev–Trinajstić information content (AvgIpc) is 2.17. The zero-order chi connectivity index (χ0) is 11.3. The third-order valence-electron chi connectivity index (χ3n) is 1.95. The molecule has 0 bridgehead atoms. The minimum Gasteiger partial charge on any atom is -0.508 e. The van der Waals surface area contributed by atoms with E-state index < -0.39 is 5.60 Å². The van der Waals surface area contributed by atoms with Gasteiger partial charge in [0.1, 0.15) is 11.4 Å². The first-order valence-electron chi connectivity index (χ1n) is 4.68. The molecule has 0 aliphatic carbocycles. The number of carbonyl (C=O) groups is 1. The van der Waals surface area contributed by atoms with Crippen molar-refractivity contribution in [2.45, 2.75) is 19.4 Å². The number of aromatic hydroxyl groups is 1. The van der Waals surface area contributed by atoms with Gasteiger partial charge in [-0.1, -0.05) is 0 Å². The number of ether oxygens (including phenoxy) is 1. The highest BCUT2D eigenvalue weighted by atomic mass is 16.5. The quantitative estimate of drug-likeness (QED) is 0.573. The largest absolute Gasteiger partial charge is 0.508 e. The minimum atomic E-state index is -0.542. The maximum Gasteiger partial charge on any atom is 0.293 e. The van der Waals surface area contributed by atoms with E-state index in [2.05, 4.69) is 5.32 Å². The topological polar surface area (TPSA) is 58.6 Å². The molecular weight excluding hydrogens is 194 g/mol. The highest BCUT2D eigenvalue weighted by molar-refractivity contribution is 5.46. The van der Waals surface area contributed by atoms with Gasteiger partial charge in [0, 0.05) is 5.69 Å². The van der Waals surface area contributed by atoms with E-state index >= 15 is 0 Å². The van der Waals surface area contributed by atoms with Crippen LogP contribution < -0.4 is 5.32 Å². The maximum absolute atomic E-state index is 10.2. The summed E-state index contributed by atoms with van der Waals surface area (Å²) in [4.78, 5) is 10.2. The molecule has 82 valence electrons. The third kappa shape index (κ3) is 3.89. The molecule has 1 aromatic carbocycles. The Bertz CT molecular complexity index is 319. The molecule has 0 saturated carbocycles. The summed E-state index contributed by atoms with van der Waals surface area (Å²) in [6.07, 6.45) is 0. The second kappa shape index (κ2) is 4.68. The van der Waals surface area contributed by atoms with E-state index in [1.54, 1.807) is 24.3 Å². The van der Waals surface area contributed by atoms with Crippen molar-refractivity contribution in [3.05, 3.63) is 24.3 Å². The van der Waals surface area contributed by atoms with Gasteiger partial charge >= 0.3 is 0 Å². The van der Waals surface area contributed by atoms with E-state index in [0.29, 0.717) is 13.0 Å². The number of rotatable bonds is 5. The van der Waals surface area contributed by atoms with Gasteiger partial charge in [-0.25, -0.2) is 0 Å². The lowest BCUT2D eigenvalue weighted by atomic mass is 10.1. The molecule has 0 aliphatic rings. The number of carbonyl (C=O) groups excluding carboxylic acids is 1. The molecule has 0 aliphatic heterocycles. The lowest BCUT2D eigenvalue weighted by molar-refractivity contribution is -0.139. The molecule has 0 saturated heterocycles. The van der Waals surface area contributed by atoms with Gasteiger partial charge in [-0.05, 0) is 38.1 Å². The fourth-order valence-corrected chi connectivity index (χ4v) is 1.07. The van der Waals surface area contributed by atoms with Gasteiger partial charge in [0.05, 0.1) is 6.54 Å². The van der Waals surface area contributed by atoms with Crippen LogP contribution in [0.25, 0.3) is 0 Å². The molecule has 1 rings (SSSR count). The summed E-state index contributed by atoms with van der Waals surface area (Å²) in [7, 11) is 0. The van der Waals surface area contributed by atoms with Crippen molar-refractivity contribution in [1.29, 1.82) is 0 Å². The SMILES string of the molecule is CC(C)(CNc1ccc(O)cc1)OC=O. The molecule has 0 radical (unpaired) electrons. The molecule has 0 amide bonds. The third-order valence-corrected chi connectivity index (χ3v) is 1.95. The molecule has 15 heavy (non-hydrogen) atoms. The molecule has 4 nitrogen and oxygen atoms in total. The molecule has 2 N–H and O–H groups in total. The Kier molecular flexibility index (Phi) is 3.55. The first kappa shape index (κ1) is 11.4. The summed E-state index contributed by atoms with van der Waals surface area (Å²) in [6, 6.07) is 6.70. The lowest BCUT2D eigenvalue weighted by Crippen LogP contribution is -2.32. The first-order chi connectivity index (χ1) is 7.03. The molecule has 1 aromatic rings. The van der Waals surface area contributed by atoms with Crippen LogP contribution in [0.2, 0.25) is 0 Å². The smallest absolute Gasteiger partial charge is 0.293 e. The van der Waals surface area contributed by atoms with Crippen molar-refractivity contribution in [1.82, 2.24) is 0 Å². The van der Waals surface area contributed by atoms with Crippen LogP contribution in [0.4, 0.5) is 5.69 Å². The molecule has 0 aromatic heterocycles. The van der Waals surface area contributed by atoms with Gasteiger partial charge in [-0.3, -0.25) is 4.79 Å². The number of anilines is 1. The Hall–Kier alpha value is -1.71. The zero-order valence-electron chi connectivity index (χ0n) is 8.86. The normalized spacial score (nSPS) is 10.8. The van der Waals surface area contributed by atoms with Crippen molar-refractivity contribution in [2.24, 2.45) is 0 Å². The first-order valence-corrected chi connectivity index (χ1v) is 4.68. The molecule has 0 unspecified atom stereocenters. The van der Waals surface area contributed by atoms with Crippen molar-refractivity contribution in [2.75, 3.05) is 11.9 Å². The molecule has 0 fully saturated rings. The Morgan fingerprint density at radius 1 is 1.40 bits per heavy atom. The Balaban J connectivity index is 2.49. The van der Waals surface area contributed by atoms with E-state index in [1.807, 2.05) is 13.8 Å². The summed E-state index contributed by atoms with van der Waals surface area (Å²) in [5.74, 6) is 0.226. The van der Waals surface area contributed by atoms with Crippen molar-refractivity contribution >= 4 is 12.2 Å². The number of phenolic OH excluding ortho intramolecular Hbond substituents is 1. The second-order valence-electron chi connectivity index (χ2n) is 3.87. The fourth-order valence-electron chi connectivity index (χ4n) is 1.07. The van der Waals surface area contributed by atoms with Crippen LogP contribution in [0.1, 0.15) is 13.8 Å². The highest BCUT2D eigenvalue weighted by Gasteiger charge is 2.17. The highest BCUT2D eigenvalue weighted by Crippen LogP contribution is 2.15. The zero-order valence-corrected chi connectivity index (χ0v) is 8.86. The lowest BCUT2D eigenvalue weighted by Gasteiger charge is -2.23. The van der Waals surface area contributed by atoms with E-state index in [9.17, 15) is 4.79 Å². The van der Waals surface area contributed by atoms with Crippen LogP contribution in [0.15, 0.2) is 24.3 Å². The van der Waals surface area contributed by atoms with E-state index in [1.165, 1.54) is 0 Å². The van der Waals surface area contributed by atoms with Gasteiger partial charge < -0.3 is 15.2 Å². The number of phenols is 1. The summed E-state index contributed by atoms with van der Waals surface area (Å²) < 4.78 is 4.88. The predicted molar refractivity (Wildman–Crippen MR) is 57.8 cm³/mol. The minimum absolute atomic E-state index is 0.226. The standard InChI is InChI=1S/C11H15NO3/c1-11(2,15-8-13)7-12-9-3-5-10(14)6-4-9/h3-6,8,12,14H,7H2,1-2H3. The van der Waals surface area contributed by atoms with Crippen molar-refractivity contribution < 1.29 is 14.6 Å². The molecule has 4 heteroatoms. The second-order valence-corrected chi connectivity index (χ2v) is 3.87. The van der Waals surface area contributed by atoms with Crippen molar-refractivity contribution in [3.63, 3.8) is 0 Å². The number of hydrogen-bond donors (Lipinski definition) is 2. The molecule has 0 spiro atoms. The number of nitrogens with one attached hydrogen (secondary N) is 1. The van der Waals surface area contributed by atoms with E-state index in [-0.39, 0.29) is 5.75 Å². The molecule has 0 atom stereocenters. The van der Waals surface area contributed by atoms with Crippen LogP contribution in [0.3, 0.4) is 0 Å². The van der Waals surface area contributed by atoms with Crippen LogP contribution in [0.5, 0.6) is 5.75 Å². The number of hydrogen-bond acceptors (Lipinski definition) is 4. The predicted octanol–water partition coefficient (Wildman–Crippen LogP) is 1.76. The van der Waals surface area contributed by atoms with Crippen LogP contribution >= 0.6 is 0 Å². The number of benzene rings is 1. The summed E-state index contributed by atoms with van der Waals surface area (Å²) in [5.41, 5.74) is 0.329. The Morgan fingerprint density at radius 3 is 2.53 bits per heavy atom. The van der Waals surface area contributed by atoms with Crippen molar-refractivity contribution in [3.8, 4) is 5.75 Å². The summed E-state index contributed by atoms with van der Waals surface area (Å²) in [5, 5.41) is 12.2. The van der Waals surface area contributed by atoms with Gasteiger partial charge in [0.2, 0.25) is 0 Å². The average molecular weight is 209 g/mol. The monoisotopic (exact) mass is 209 g/mol. The Labute approximate surface area is 88.9 Å². The fraction of sp³-hybridized carbons (Fsp3) is 0.364. The van der Waals surface area contributed by atoms with Crippen LogP contribution in [0, 0.1) is 0 Å². The Morgan fingerprint density at radius 2 is 2.00 bits per heavy atom. The van der Waals surface area contributed by atoms with Crippen LogP contribution in [-0.4, -0.2) is 23.7 Å². The van der Waals surface area contributed by atoms with Gasteiger partial charge in [-0.2, -0.15) is 0 Å². The van der Waals surface area contributed by atoms with Gasteiger partial charge in [0.15, 0.2) is 0 Å². The van der Waals surface area contributed by atoms with Gasteiger partial charge in [0.25, 0.3) is 6.47 Å². The van der Waals surface area contributed by atoms with E-state index in [4.69, 9.17) is 9.84 Å². The molecular formula is C11H15NO3. The summed E-state index contributed by atoms with van der Waals surface area (Å²) in [6.45, 7) is 4.58. The van der Waals surface area contributed by atoms with E-state index in [0.717, 1.165) is 5.69 Å². The van der Waals surface area contributed by atoms with Gasteiger partial charge in [-0.15, -0.1) is 0 Å².